The van der Waals surface area contributed by atoms with Crippen LogP contribution in [-0.2, 0) is 9.59 Å². The average Bonchev–Trinajstić information content (AvgIpc) is 3.03. The Balaban J connectivity index is 1.82. The van der Waals surface area contributed by atoms with E-state index in [1.165, 1.54) is 22.7 Å². The number of hydrogen-bond donors (Lipinski definition) is 1. The van der Waals surface area contributed by atoms with Crippen LogP contribution in [0.5, 0.6) is 0 Å². The summed E-state index contributed by atoms with van der Waals surface area (Å²) in [5.74, 6) is -1.54. The maximum atomic E-state index is 14.2. The molecular weight excluding hydrogens is 406 g/mol. The molecule has 1 fully saturated rings. The number of alkyl halides is 1. The number of hydrogen-bond acceptors (Lipinski definition) is 3. The van der Waals surface area contributed by atoms with Crippen molar-refractivity contribution in [2.24, 2.45) is 5.41 Å². The number of nitrogens with zero attached hydrogens (tertiary/aromatic N) is 1. The largest absolute Gasteiger partial charge is 0.326 e. The van der Waals surface area contributed by atoms with E-state index in [9.17, 15) is 18.4 Å². The number of carbonyl (C=O) groups excluding carboxylic acids is 2. The Hall–Kier alpha value is -2.12. The highest BCUT2D eigenvalue weighted by atomic mass is 35.5. The van der Waals surface area contributed by atoms with E-state index in [4.69, 9.17) is 11.6 Å². The van der Waals surface area contributed by atoms with Crippen LogP contribution in [0.4, 0.5) is 20.2 Å². The third-order valence-corrected chi connectivity index (χ3v) is 6.32. The van der Waals surface area contributed by atoms with Crippen LogP contribution in [-0.4, -0.2) is 23.4 Å². The molecule has 2 amide bonds. The minimum Gasteiger partial charge on any atom is -0.326 e. The van der Waals surface area contributed by atoms with E-state index in [-0.39, 0.29) is 29.1 Å². The second-order valence-corrected chi connectivity index (χ2v) is 8.45. The van der Waals surface area contributed by atoms with Gasteiger partial charge in [0.25, 0.3) is 0 Å². The molecule has 4 nitrogen and oxygen atoms in total. The minimum atomic E-state index is -0.784. The van der Waals surface area contributed by atoms with Gasteiger partial charge in [-0.05, 0) is 43.7 Å². The maximum absolute atomic E-state index is 14.2. The summed E-state index contributed by atoms with van der Waals surface area (Å²) in [7, 11) is 0. The Morgan fingerprint density at radius 2 is 1.93 bits per heavy atom. The van der Waals surface area contributed by atoms with Gasteiger partial charge < -0.3 is 5.32 Å². The number of anilines is 2. The van der Waals surface area contributed by atoms with Crippen molar-refractivity contribution in [1.29, 1.82) is 0 Å². The molecule has 0 aliphatic carbocycles. The fourth-order valence-electron chi connectivity index (χ4n) is 2.70. The van der Waals surface area contributed by atoms with Crippen LogP contribution in [0.15, 0.2) is 42.5 Å². The lowest BCUT2D eigenvalue weighted by atomic mass is 9.95. The molecule has 8 heteroatoms. The quantitative estimate of drug-likeness (QED) is 0.691. The summed E-state index contributed by atoms with van der Waals surface area (Å²) in [5, 5.41) is 2.37. The third kappa shape index (κ3) is 4.15. The Morgan fingerprint density at radius 3 is 2.54 bits per heavy atom. The zero-order valence-corrected chi connectivity index (χ0v) is 16.9. The number of rotatable bonds is 5. The normalized spacial score (nSPS) is 17.1. The van der Waals surface area contributed by atoms with Gasteiger partial charge in [0.1, 0.15) is 17.0 Å². The molecule has 0 bridgehead atoms. The summed E-state index contributed by atoms with van der Waals surface area (Å²) >= 11 is 7.18. The predicted molar refractivity (Wildman–Crippen MR) is 109 cm³/mol. The van der Waals surface area contributed by atoms with Crippen LogP contribution in [0.1, 0.15) is 24.8 Å². The molecule has 1 aliphatic rings. The Bertz CT molecular complexity index is 906. The van der Waals surface area contributed by atoms with Gasteiger partial charge in [-0.15, -0.1) is 23.4 Å². The van der Waals surface area contributed by atoms with Crippen LogP contribution < -0.4 is 10.2 Å². The minimum absolute atomic E-state index is 0.0441. The fraction of sp³-hybridized carbons (Fsp3) is 0.300. The fourth-order valence-corrected chi connectivity index (χ4v) is 3.99. The summed E-state index contributed by atoms with van der Waals surface area (Å²) in [5.41, 5.74) is 0.711. The van der Waals surface area contributed by atoms with Crippen molar-refractivity contribution in [2.75, 3.05) is 21.8 Å². The zero-order valence-electron chi connectivity index (χ0n) is 15.3. The highest BCUT2D eigenvalue weighted by Crippen LogP contribution is 2.42. The first-order valence-corrected chi connectivity index (χ1v) is 10.2. The molecule has 0 unspecified atom stereocenters. The van der Waals surface area contributed by atoms with Crippen LogP contribution in [0.2, 0.25) is 0 Å². The molecule has 0 spiro atoms. The topological polar surface area (TPSA) is 49.4 Å². The van der Waals surface area contributed by atoms with Gasteiger partial charge in [0.15, 0.2) is 0 Å². The summed E-state index contributed by atoms with van der Waals surface area (Å²) in [4.78, 5) is 25.9. The summed E-state index contributed by atoms with van der Waals surface area (Å²) in [6.45, 7) is 3.50. The van der Waals surface area contributed by atoms with Crippen molar-refractivity contribution >= 4 is 46.6 Å². The Labute approximate surface area is 171 Å². The number of benzene rings is 2. The molecular formula is C20H19ClF2N2O2S. The molecule has 0 saturated carbocycles. The molecule has 1 heterocycles. The summed E-state index contributed by atoms with van der Waals surface area (Å²) in [6.07, 6.45) is 0. The Kier molecular flexibility index (Phi) is 5.95. The highest BCUT2D eigenvalue weighted by Gasteiger charge is 2.35. The maximum Gasteiger partial charge on any atom is 0.238 e. The Morgan fingerprint density at radius 1 is 1.25 bits per heavy atom. The molecule has 2 aromatic carbocycles. The van der Waals surface area contributed by atoms with Crippen molar-refractivity contribution in [3.05, 3.63) is 59.7 Å². The number of amides is 2. The lowest BCUT2D eigenvalue weighted by molar-refractivity contribution is -0.123. The van der Waals surface area contributed by atoms with E-state index in [0.717, 1.165) is 17.7 Å². The van der Waals surface area contributed by atoms with Crippen LogP contribution >= 0.6 is 23.4 Å². The molecule has 3 rings (SSSR count). The first-order valence-electron chi connectivity index (χ1n) is 8.59. The molecule has 1 N–H and O–H groups in total. The van der Waals surface area contributed by atoms with Gasteiger partial charge in [-0.2, -0.15) is 0 Å². The van der Waals surface area contributed by atoms with Gasteiger partial charge in [-0.3, -0.25) is 14.5 Å². The molecule has 1 aliphatic heterocycles. The standard InChI is InChI=1S/C20H19ClF2N2O2S/c1-20(2,11-21)19(27)24-14-6-3-12(4-7-14)18-25(17(26)10-28-18)16-8-5-13(22)9-15(16)23/h3-9,18H,10-11H2,1-2H3,(H,24,27)/t18-/m0/s1. The molecule has 148 valence electrons. The summed E-state index contributed by atoms with van der Waals surface area (Å²) in [6, 6.07) is 10.1. The smallest absolute Gasteiger partial charge is 0.238 e. The SMILES string of the molecule is CC(C)(CCl)C(=O)Nc1ccc([C@@H]2SCC(=O)N2c2ccc(F)cc2F)cc1. The van der Waals surface area contributed by atoms with Crippen molar-refractivity contribution in [1.82, 2.24) is 0 Å². The highest BCUT2D eigenvalue weighted by molar-refractivity contribution is 8.00. The molecule has 0 aromatic heterocycles. The van der Waals surface area contributed by atoms with E-state index in [1.54, 1.807) is 38.1 Å². The molecule has 28 heavy (non-hydrogen) atoms. The van der Waals surface area contributed by atoms with Gasteiger partial charge in [0, 0.05) is 17.6 Å². The first-order chi connectivity index (χ1) is 13.2. The van der Waals surface area contributed by atoms with E-state index >= 15 is 0 Å². The zero-order chi connectivity index (χ0) is 20.5. The number of nitrogens with one attached hydrogen (secondary N) is 1. The van der Waals surface area contributed by atoms with E-state index in [2.05, 4.69) is 5.32 Å². The lowest BCUT2D eigenvalue weighted by Gasteiger charge is -2.25. The molecule has 1 saturated heterocycles. The third-order valence-electron chi connectivity index (χ3n) is 4.44. The molecule has 0 radical (unpaired) electrons. The second kappa shape index (κ2) is 8.09. The van der Waals surface area contributed by atoms with Crippen LogP contribution in [0, 0.1) is 17.0 Å². The van der Waals surface area contributed by atoms with Gasteiger partial charge in [-0.1, -0.05) is 12.1 Å². The monoisotopic (exact) mass is 424 g/mol. The van der Waals surface area contributed by atoms with Crippen LogP contribution in [0.3, 0.4) is 0 Å². The first kappa shape index (κ1) is 20.6. The number of halogens is 3. The number of thioether (sulfide) groups is 1. The van der Waals surface area contributed by atoms with E-state index < -0.39 is 22.4 Å². The van der Waals surface area contributed by atoms with Crippen molar-refractivity contribution in [3.63, 3.8) is 0 Å². The summed E-state index contributed by atoms with van der Waals surface area (Å²) < 4.78 is 27.4. The van der Waals surface area contributed by atoms with Gasteiger partial charge in [-0.25, -0.2) is 8.78 Å². The van der Waals surface area contributed by atoms with Gasteiger partial charge >= 0.3 is 0 Å². The predicted octanol–water partition coefficient (Wildman–Crippen LogP) is 4.95. The lowest BCUT2D eigenvalue weighted by Crippen LogP contribution is -2.32. The van der Waals surface area contributed by atoms with E-state index in [0.29, 0.717) is 5.69 Å². The van der Waals surface area contributed by atoms with Gasteiger partial charge in [0.2, 0.25) is 11.8 Å². The average molecular weight is 425 g/mol. The van der Waals surface area contributed by atoms with Gasteiger partial charge in [0.05, 0.1) is 16.9 Å². The van der Waals surface area contributed by atoms with Crippen molar-refractivity contribution in [3.8, 4) is 0 Å². The van der Waals surface area contributed by atoms with E-state index in [1.807, 2.05) is 0 Å². The number of carbonyl (C=O) groups is 2. The van der Waals surface area contributed by atoms with Crippen LogP contribution in [0.25, 0.3) is 0 Å². The van der Waals surface area contributed by atoms with Crippen molar-refractivity contribution in [2.45, 2.75) is 19.2 Å². The molecule has 2 aromatic rings. The van der Waals surface area contributed by atoms with Crippen molar-refractivity contribution < 1.29 is 18.4 Å². The molecule has 1 atom stereocenters. The second-order valence-electron chi connectivity index (χ2n) is 7.12.